The van der Waals surface area contributed by atoms with Crippen molar-refractivity contribution in [1.82, 2.24) is 20.1 Å². The highest BCUT2D eigenvalue weighted by Gasteiger charge is 2.58. The average molecular weight is 606 g/mol. The Balaban J connectivity index is 1.40. The van der Waals surface area contributed by atoms with Crippen molar-refractivity contribution >= 4 is 45.9 Å². The number of benzene rings is 3. The summed E-state index contributed by atoms with van der Waals surface area (Å²) >= 11 is 12.5. The highest BCUT2D eigenvalue weighted by Crippen LogP contribution is 2.52. The summed E-state index contributed by atoms with van der Waals surface area (Å²) < 4.78 is 5.46. The average Bonchev–Trinajstić information content (AvgIpc) is 3.55. The summed E-state index contributed by atoms with van der Waals surface area (Å²) in [5.74, 6) is -0.221. The lowest BCUT2D eigenvalue weighted by molar-refractivity contribution is -0.130. The summed E-state index contributed by atoms with van der Waals surface area (Å²) in [7, 11) is 0. The molecule has 6 rings (SSSR count). The molecule has 9 heteroatoms. The van der Waals surface area contributed by atoms with Gasteiger partial charge in [0.25, 0.3) is 0 Å². The molecule has 218 valence electrons. The third-order valence-electron chi connectivity index (χ3n) is 8.50. The van der Waals surface area contributed by atoms with Gasteiger partial charge in [0.15, 0.2) is 0 Å². The molecule has 7 nitrogen and oxygen atoms in total. The van der Waals surface area contributed by atoms with Crippen LogP contribution in [0.3, 0.4) is 0 Å². The van der Waals surface area contributed by atoms with E-state index in [0.29, 0.717) is 23.1 Å². The largest absolute Gasteiger partial charge is 0.379 e. The molecule has 0 unspecified atom stereocenters. The number of ether oxygens (including phenoxy) is 1. The van der Waals surface area contributed by atoms with E-state index in [0.717, 1.165) is 66.9 Å². The van der Waals surface area contributed by atoms with Crippen molar-refractivity contribution in [1.29, 1.82) is 0 Å². The second-order valence-electron chi connectivity index (χ2n) is 11.1. The molecule has 2 aliphatic rings. The first-order valence-electron chi connectivity index (χ1n) is 14.4. The predicted molar refractivity (Wildman–Crippen MR) is 166 cm³/mol. The lowest BCUT2D eigenvalue weighted by Crippen LogP contribution is -2.49. The van der Waals surface area contributed by atoms with Gasteiger partial charge in [-0.1, -0.05) is 71.7 Å². The number of hydrogen-bond donors (Lipinski definition) is 2. The van der Waals surface area contributed by atoms with Gasteiger partial charge in [-0.3, -0.25) is 14.5 Å². The quantitative estimate of drug-likeness (QED) is 0.239. The van der Waals surface area contributed by atoms with Gasteiger partial charge in [-0.15, -0.1) is 0 Å². The van der Waals surface area contributed by atoms with Gasteiger partial charge >= 0.3 is 0 Å². The summed E-state index contributed by atoms with van der Waals surface area (Å²) in [4.78, 5) is 36.1. The summed E-state index contributed by atoms with van der Waals surface area (Å²) in [6.07, 6.45) is 2.79. The summed E-state index contributed by atoms with van der Waals surface area (Å²) in [5, 5.41) is 5.42. The first-order valence-corrected chi connectivity index (χ1v) is 15.2. The van der Waals surface area contributed by atoms with E-state index in [1.807, 2.05) is 83.9 Å². The van der Waals surface area contributed by atoms with E-state index in [1.165, 1.54) is 0 Å². The molecule has 3 aromatic carbocycles. The molecule has 2 amide bonds. The number of nitrogens with zero attached hydrogens (tertiary/aromatic N) is 2. The molecule has 2 atom stereocenters. The van der Waals surface area contributed by atoms with Gasteiger partial charge in [0.05, 0.1) is 19.3 Å². The summed E-state index contributed by atoms with van der Waals surface area (Å²) in [6, 6.07) is 22.3. The van der Waals surface area contributed by atoms with E-state index >= 15 is 0 Å². The smallest absolute Gasteiger partial charge is 0.233 e. The fraction of sp³-hybridized carbons (Fsp3) is 0.333. The highest BCUT2D eigenvalue weighted by molar-refractivity contribution is 6.31. The Morgan fingerprint density at radius 2 is 1.74 bits per heavy atom. The summed E-state index contributed by atoms with van der Waals surface area (Å²) in [5.41, 5.74) is 2.36. The van der Waals surface area contributed by atoms with Gasteiger partial charge in [0.1, 0.15) is 5.41 Å². The van der Waals surface area contributed by atoms with Gasteiger partial charge in [-0.25, -0.2) is 0 Å². The lowest BCUT2D eigenvalue weighted by Gasteiger charge is -2.37. The Morgan fingerprint density at radius 3 is 2.50 bits per heavy atom. The van der Waals surface area contributed by atoms with Crippen molar-refractivity contribution in [3.8, 4) is 0 Å². The minimum Gasteiger partial charge on any atom is -0.379 e. The fourth-order valence-corrected chi connectivity index (χ4v) is 6.71. The first kappa shape index (κ1) is 28.7. The van der Waals surface area contributed by atoms with Gasteiger partial charge in [0.2, 0.25) is 11.8 Å². The normalized spacial score (nSPS) is 21.2. The van der Waals surface area contributed by atoms with Gasteiger partial charge in [-0.05, 0) is 48.4 Å². The third-order valence-corrected chi connectivity index (χ3v) is 8.99. The molecule has 2 aliphatic heterocycles. The number of aromatic nitrogens is 1. The van der Waals surface area contributed by atoms with Gasteiger partial charge in [0, 0.05) is 65.3 Å². The van der Waals surface area contributed by atoms with E-state index in [2.05, 4.69) is 15.2 Å². The van der Waals surface area contributed by atoms with Crippen LogP contribution in [0.1, 0.15) is 35.6 Å². The monoisotopic (exact) mass is 604 g/mol. The number of rotatable bonds is 9. The maximum atomic E-state index is 14.5. The molecule has 0 bridgehead atoms. The number of morpholine rings is 1. The van der Waals surface area contributed by atoms with Crippen LogP contribution in [0, 0.1) is 0 Å². The number of halogens is 2. The molecule has 2 saturated heterocycles. The molecule has 0 saturated carbocycles. The zero-order valence-electron chi connectivity index (χ0n) is 23.3. The second-order valence-corrected chi connectivity index (χ2v) is 11.9. The van der Waals surface area contributed by atoms with Gasteiger partial charge < -0.3 is 19.9 Å². The second kappa shape index (κ2) is 12.5. The number of amides is 2. The highest BCUT2D eigenvalue weighted by atomic mass is 35.5. The third kappa shape index (κ3) is 5.66. The molecule has 0 radical (unpaired) electrons. The number of carbonyl (C=O) groups is 2. The maximum absolute atomic E-state index is 14.5. The SMILES string of the molecule is O=C1C[C@@](C(=O)NCCCN2CCOCC2)(c2ccccc2)[C@H](c2c[nH]c3cc(Cl)ccc23)N1Cc1ccc(Cl)cc1. The Bertz CT molecular complexity index is 1550. The Kier molecular flexibility index (Phi) is 8.54. The van der Waals surface area contributed by atoms with Crippen LogP contribution in [0.5, 0.6) is 0 Å². The van der Waals surface area contributed by atoms with E-state index < -0.39 is 11.5 Å². The Hall–Kier alpha value is -3.36. The number of carbonyl (C=O) groups excluding carboxylic acids is 2. The van der Waals surface area contributed by atoms with Crippen LogP contribution < -0.4 is 5.32 Å². The molecule has 42 heavy (non-hydrogen) atoms. The van der Waals surface area contributed by atoms with Crippen LogP contribution in [-0.4, -0.2) is 66.0 Å². The van der Waals surface area contributed by atoms with E-state index in [9.17, 15) is 9.59 Å². The van der Waals surface area contributed by atoms with Crippen LogP contribution in [0.15, 0.2) is 79.0 Å². The molecule has 2 fully saturated rings. The van der Waals surface area contributed by atoms with Crippen molar-refractivity contribution in [2.75, 3.05) is 39.4 Å². The maximum Gasteiger partial charge on any atom is 0.233 e. The Labute approximate surface area is 255 Å². The van der Waals surface area contributed by atoms with Crippen LogP contribution in [0.2, 0.25) is 10.0 Å². The molecule has 0 spiro atoms. The topological polar surface area (TPSA) is 77.7 Å². The lowest BCUT2D eigenvalue weighted by atomic mass is 9.70. The number of fused-ring (bicyclic) bond motifs is 1. The minimum absolute atomic E-state index is 0.0603. The van der Waals surface area contributed by atoms with Crippen molar-refractivity contribution in [2.24, 2.45) is 0 Å². The molecule has 3 heterocycles. The molecule has 4 aromatic rings. The first-order chi connectivity index (χ1) is 20.5. The predicted octanol–water partition coefficient (Wildman–Crippen LogP) is 5.72. The van der Waals surface area contributed by atoms with E-state index in [1.54, 1.807) is 0 Å². The van der Waals surface area contributed by atoms with Crippen molar-refractivity contribution in [3.05, 3.63) is 106 Å². The van der Waals surface area contributed by atoms with Crippen LogP contribution in [-0.2, 0) is 26.3 Å². The van der Waals surface area contributed by atoms with Crippen molar-refractivity contribution in [2.45, 2.75) is 30.8 Å². The number of likely N-dealkylation sites (tertiary alicyclic amines) is 1. The van der Waals surface area contributed by atoms with Crippen LogP contribution >= 0.6 is 23.2 Å². The van der Waals surface area contributed by atoms with Crippen LogP contribution in [0.25, 0.3) is 10.9 Å². The van der Waals surface area contributed by atoms with Crippen molar-refractivity contribution < 1.29 is 14.3 Å². The number of aromatic amines is 1. The minimum atomic E-state index is -1.14. The summed E-state index contributed by atoms with van der Waals surface area (Å²) in [6.45, 7) is 5.05. The van der Waals surface area contributed by atoms with Gasteiger partial charge in [-0.2, -0.15) is 0 Å². The molecule has 2 N–H and O–H groups in total. The molecule has 1 aromatic heterocycles. The molecule has 0 aliphatic carbocycles. The number of nitrogens with one attached hydrogen (secondary N) is 2. The fourth-order valence-electron chi connectivity index (χ4n) is 6.41. The Morgan fingerprint density at radius 1 is 1.00 bits per heavy atom. The van der Waals surface area contributed by atoms with Crippen LogP contribution in [0.4, 0.5) is 0 Å². The molecular formula is C33H34Cl2N4O3. The molecular weight excluding hydrogens is 571 g/mol. The zero-order chi connectivity index (χ0) is 29.1. The number of hydrogen-bond acceptors (Lipinski definition) is 4. The van der Waals surface area contributed by atoms with E-state index in [4.69, 9.17) is 27.9 Å². The van der Waals surface area contributed by atoms with Crippen molar-refractivity contribution in [3.63, 3.8) is 0 Å². The standard InChI is InChI=1S/C33H34Cl2N4O3/c34-25-9-7-23(8-10-25)22-39-30(40)20-33(24-5-2-1-3-6-24,32(41)36-13-4-14-38-15-17-42-18-16-38)31(39)28-21-37-29-19-26(35)11-12-27(28)29/h1-3,5-12,19,21,31,37H,4,13-18,20,22H2,(H,36,41)/t31-,33+/m0/s1. The van der Waals surface area contributed by atoms with E-state index in [-0.39, 0.29) is 18.2 Å². The number of H-pyrrole nitrogens is 1. The zero-order valence-corrected chi connectivity index (χ0v) is 24.8.